The molecular formula is C57H40N4O. The van der Waals surface area contributed by atoms with Gasteiger partial charge in [-0.1, -0.05) is 176 Å². The smallest absolute Gasteiger partial charge is 0.164 e. The number of para-hydroxylation sites is 2. The largest absolute Gasteiger partial charge is 0.456 e. The summed E-state index contributed by atoms with van der Waals surface area (Å²) in [6.45, 7) is 0. The predicted octanol–water partition coefficient (Wildman–Crippen LogP) is 14.3. The molecule has 0 fully saturated rings. The van der Waals surface area contributed by atoms with Gasteiger partial charge in [-0.3, -0.25) is 0 Å². The maximum absolute atomic E-state index is 6.47. The molecule has 1 unspecified atom stereocenters. The molecule has 5 heteroatoms. The summed E-state index contributed by atoms with van der Waals surface area (Å²) in [7, 11) is 0. The van der Waals surface area contributed by atoms with Gasteiger partial charge in [0.25, 0.3) is 0 Å². The van der Waals surface area contributed by atoms with Gasteiger partial charge in [0.1, 0.15) is 11.2 Å². The van der Waals surface area contributed by atoms with Crippen LogP contribution in [0.1, 0.15) is 53.0 Å². The molecule has 3 heterocycles. The maximum Gasteiger partial charge on any atom is 0.164 e. The van der Waals surface area contributed by atoms with Gasteiger partial charge < -0.3 is 8.98 Å². The van der Waals surface area contributed by atoms with Crippen LogP contribution in [0.4, 0.5) is 0 Å². The number of rotatable bonds is 7. The van der Waals surface area contributed by atoms with Crippen molar-refractivity contribution in [1.82, 2.24) is 19.5 Å². The van der Waals surface area contributed by atoms with E-state index in [-0.39, 0.29) is 5.92 Å². The van der Waals surface area contributed by atoms with Crippen LogP contribution >= 0.6 is 0 Å². The van der Waals surface area contributed by atoms with E-state index in [1.54, 1.807) is 0 Å². The molecule has 2 atom stereocenters. The molecule has 0 amide bonds. The van der Waals surface area contributed by atoms with Crippen LogP contribution in [-0.4, -0.2) is 19.5 Å². The van der Waals surface area contributed by atoms with Crippen molar-refractivity contribution in [3.05, 3.63) is 235 Å². The fourth-order valence-electron chi connectivity index (χ4n) is 9.69. The normalized spacial score (nSPS) is 16.6. The molecule has 0 bridgehead atoms. The van der Waals surface area contributed by atoms with Crippen LogP contribution in [-0.2, 0) is 0 Å². The van der Waals surface area contributed by atoms with Crippen molar-refractivity contribution in [1.29, 1.82) is 0 Å². The molecule has 0 saturated heterocycles. The van der Waals surface area contributed by atoms with E-state index in [4.69, 9.17) is 19.4 Å². The minimum Gasteiger partial charge on any atom is -0.456 e. The zero-order valence-electron chi connectivity index (χ0n) is 33.9. The number of aromatic nitrogens is 4. The van der Waals surface area contributed by atoms with Gasteiger partial charge in [0.05, 0.1) is 11.0 Å². The fourth-order valence-corrected chi connectivity index (χ4v) is 9.69. The highest BCUT2D eigenvalue weighted by molar-refractivity contribution is 6.28. The topological polar surface area (TPSA) is 56.7 Å². The summed E-state index contributed by atoms with van der Waals surface area (Å²) in [6.07, 6.45) is 10.7. The first kappa shape index (κ1) is 36.0. The average molecular weight is 797 g/mol. The Balaban J connectivity index is 1.11. The van der Waals surface area contributed by atoms with Gasteiger partial charge in [0, 0.05) is 55.8 Å². The second-order valence-electron chi connectivity index (χ2n) is 16.2. The van der Waals surface area contributed by atoms with Crippen molar-refractivity contribution in [2.45, 2.75) is 24.7 Å². The summed E-state index contributed by atoms with van der Waals surface area (Å²) in [5, 5.41) is 4.66. The lowest BCUT2D eigenvalue weighted by Crippen LogP contribution is -2.16. The number of benzene rings is 7. The number of hydrogen-bond acceptors (Lipinski definition) is 4. The van der Waals surface area contributed by atoms with Crippen molar-refractivity contribution in [3.63, 3.8) is 0 Å². The lowest BCUT2D eigenvalue weighted by Gasteiger charge is -2.31. The zero-order chi connectivity index (χ0) is 41.0. The van der Waals surface area contributed by atoms with Crippen LogP contribution in [0.2, 0.25) is 0 Å². The third-order valence-electron chi connectivity index (χ3n) is 12.6. The van der Waals surface area contributed by atoms with Crippen LogP contribution in [0.5, 0.6) is 0 Å². The Hall–Kier alpha value is -7.89. The average Bonchev–Trinajstić information content (AvgIpc) is 3.90. The Labute approximate surface area is 359 Å². The first-order valence-electron chi connectivity index (χ1n) is 21.4. The Kier molecular flexibility index (Phi) is 8.70. The monoisotopic (exact) mass is 796 g/mol. The Morgan fingerprint density at radius 3 is 1.87 bits per heavy atom. The SMILES string of the molecule is C1=CC(c2ccccc2)CC=C1c1nc(C2=CC(c3ccccc3)=C(n3c4ccccc4c4c5c(ccc43)oc3ccccc35)[C@@H](c3ccccc3)C2)nc(-c2ccccc2)n1. The molecule has 0 spiro atoms. The van der Waals surface area contributed by atoms with Gasteiger partial charge in [0.2, 0.25) is 0 Å². The Bertz CT molecular complexity index is 3450. The minimum absolute atomic E-state index is 0.0528. The van der Waals surface area contributed by atoms with E-state index < -0.39 is 0 Å². The molecule has 0 aliphatic heterocycles. The highest BCUT2D eigenvalue weighted by Crippen LogP contribution is 2.50. The molecule has 294 valence electrons. The highest BCUT2D eigenvalue weighted by atomic mass is 16.3. The van der Waals surface area contributed by atoms with Gasteiger partial charge in [0.15, 0.2) is 17.5 Å². The third-order valence-corrected chi connectivity index (χ3v) is 12.6. The molecule has 62 heavy (non-hydrogen) atoms. The van der Waals surface area contributed by atoms with Crippen LogP contribution in [0.3, 0.4) is 0 Å². The molecule has 0 radical (unpaired) electrons. The molecule has 12 rings (SSSR count). The van der Waals surface area contributed by atoms with E-state index >= 15 is 0 Å². The summed E-state index contributed by atoms with van der Waals surface area (Å²) in [5.74, 6) is 2.29. The molecular weight excluding hydrogens is 757 g/mol. The van der Waals surface area contributed by atoms with E-state index in [9.17, 15) is 0 Å². The summed E-state index contributed by atoms with van der Waals surface area (Å²) >= 11 is 0. The molecule has 7 aromatic carbocycles. The number of allylic oxidation sites excluding steroid dienone is 8. The first-order chi connectivity index (χ1) is 30.7. The second kappa shape index (κ2) is 15.0. The van der Waals surface area contributed by atoms with Crippen molar-refractivity contribution in [3.8, 4) is 11.4 Å². The molecule has 10 aromatic rings. The van der Waals surface area contributed by atoms with E-state index in [1.165, 1.54) is 27.6 Å². The van der Waals surface area contributed by atoms with E-state index in [1.807, 2.05) is 24.3 Å². The Morgan fingerprint density at radius 1 is 0.500 bits per heavy atom. The van der Waals surface area contributed by atoms with E-state index in [0.717, 1.165) is 67.2 Å². The van der Waals surface area contributed by atoms with Crippen LogP contribution in [0.15, 0.2) is 211 Å². The molecule has 2 aliphatic carbocycles. The summed E-state index contributed by atoms with van der Waals surface area (Å²) < 4.78 is 8.99. The van der Waals surface area contributed by atoms with Crippen molar-refractivity contribution >= 4 is 66.2 Å². The van der Waals surface area contributed by atoms with E-state index in [2.05, 4.69) is 187 Å². The van der Waals surface area contributed by atoms with Gasteiger partial charge in [-0.15, -0.1) is 0 Å². The van der Waals surface area contributed by atoms with Gasteiger partial charge >= 0.3 is 0 Å². The second-order valence-corrected chi connectivity index (χ2v) is 16.2. The van der Waals surface area contributed by atoms with Gasteiger partial charge in [-0.2, -0.15) is 0 Å². The molecule has 0 saturated carbocycles. The van der Waals surface area contributed by atoms with Crippen molar-refractivity contribution in [2.75, 3.05) is 0 Å². The minimum atomic E-state index is -0.0528. The number of hydrogen-bond donors (Lipinski definition) is 0. The molecule has 2 aliphatic rings. The lowest BCUT2D eigenvalue weighted by molar-refractivity contribution is 0.669. The van der Waals surface area contributed by atoms with E-state index in [0.29, 0.717) is 29.8 Å². The molecule has 0 N–H and O–H groups in total. The van der Waals surface area contributed by atoms with Crippen LogP contribution in [0.25, 0.3) is 77.5 Å². The third kappa shape index (κ3) is 6.12. The highest BCUT2D eigenvalue weighted by Gasteiger charge is 2.32. The fraction of sp³-hybridized carbons (Fsp3) is 0.0702. The van der Waals surface area contributed by atoms with Crippen LogP contribution < -0.4 is 0 Å². The predicted molar refractivity (Wildman–Crippen MR) is 254 cm³/mol. The summed E-state index contributed by atoms with van der Waals surface area (Å²) in [5.41, 5.74) is 13.1. The van der Waals surface area contributed by atoms with Gasteiger partial charge in [-0.05, 0) is 65.4 Å². The Morgan fingerprint density at radius 2 is 1.13 bits per heavy atom. The van der Waals surface area contributed by atoms with Crippen molar-refractivity contribution < 1.29 is 4.42 Å². The van der Waals surface area contributed by atoms with Crippen molar-refractivity contribution in [2.24, 2.45) is 0 Å². The van der Waals surface area contributed by atoms with Crippen LogP contribution in [0, 0.1) is 0 Å². The summed E-state index contributed by atoms with van der Waals surface area (Å²) in [4.78, 5) is 15.8. The standard InChI is InChI=1S/C57H40N4O/c1-5-17-37(18-6-1)38-29-31-42(32-30-38)56-58-55(41-23-11-4-12-24-41)59-57(60-56)43-35-46(39-19-7-2-8-20-39)54(47(36-43)40-21-9-3-10-22-40)61-48-27-15-13-25-44(48)52-49(61)33-34-51-53(52)45-26-14-16-28-50(45)62-51/h1-29,31-35,38,47H,30,36H2/t38?,47-/m1/s1. The molecule has 3 aromatic heterocycles. The lowest BCUT2D eigenvalue weighted by atomic mass is 9.80. The quantitative estimate of drug-likeness (QED) is 0.161. The van der Waals surface area contributed by atoms with Gasteiger partial charge in [-0.25, -0.2) is 15.0 Å². The first-order valence-corrected chi connectivity index (χ1v) is 21.4. The molecule has 5 nitrogen and oxygen atoms in total. The summed E-state index contributed by atoms with van der Waals surface area (Å²) in [6, 6.07) is 64.3. The zero-order valence-corrected chi connectivity index (χ0v) is 33.9. The maximum atomic E-state index is 6.47. The number of nitrogens with zero attached hydrogens (tertiary/aromatic N) is 4. The number of fused-ring (bicyclic) bond motifs is 7. The number of furan rings is 1.